The summed E-state index contributed by atoms with van der Waals surface area (Å²) in [6, 6.07) is 1.67. The molecule has 0 saturated heterocycles. The van der Waals surface area contributed by atoms with Crippen LogP contribution < -0.4 is 5.32 Å². The molecule has 0 spiro atoms. The smallest absolute Gasteiger partial charge is 0.295 e. The lowest BCUT2D eigenvalue weighted by Gasteiger charge is -1.99. The molecule has 0 radical (unpaired) electrons. The lowest BCUT2D eigenvalue weighted by molar-refractivity contribution is 0.0993. The lowest BCUT2D eigenvalue weighted by atomic mass is 10.3. The van der Waals surface area contributed by atoms with Crippen molar-refractivity contribution < 1.29 is 9.21 Å². The van der Waals surface area contributed by atoms with Crippen LogP contribution in [0, 0.1) is 13.8 Å². The molecule has 2 heterocycles. The molecule has 2 aromatic rings. The molecule has 0 aliphatic rings. The van der Waals surface area contributed by atoms with Gasteiger partial charge in [-0.3, -0.25) is 10.1 Å². The minimum Gasteiger partial charge on any atom is -0.436 e. The summed E-state index contributed by atoms with van der Waals surface area (Å²) in [6.07, 6.45) is 3.09. The van der Waals surface area contributed by atoms with E-state index in [0.29, 0.717) is 11.6 Å². The molecule has 6 nitrogen and oxygen atoms in total. The number of anilines is 1. The van der Waals surface area contributed by atoms with Crippen LogP contribution in [0.25, 0.3) is 0 Å². The van der Waals surface area contributed by atoms with Crippen molar-refractivity contribution in [2.24, 2.45) is 0 Å². The predicted octanol–water partition coefficient (Wildman–Crippen LogP) is 1.33. The van der Waals surface area contributed by atoms with Gasteiger partial charge >= 0.3 is 0 Å². The number of carbonyl (C=O) groups excluding carboxylic acids is 1. The largest absolute Gasteiger partial charge is 0.436 e. The van der Waals surface area contributed by atoms with E-state index in [4.69, 9.17) is 4.42 Å². The number of aryl methyl sites for hydroxylation is 2. The Kier molecular flexibility index (Phi) is 2.63. The van der Waals surface area contributed by atoms with Gasteiger partial charge in [-0.1, -0.05) is 0 Å². The molecule has 1 N–H and O–H groups in total. The second kappa shape index (κ2) is 4.09. The van der Waals surface area contributed by atoms with E-state index in [2.05, 4.69) is 20.3 Å². The Labute approximate surface area is 91.7 Å². The third-order valence-corrected chi connectivity index (χ3v) is 1.90. The van der Waals surface area contributed by atoms with E-state index < -0.39 is 5.91 Å². The Bertz CT molecular complexity index is 507. The summed E-state index contributed by atoms with van der Waals surface area (Å²) in [5.74, 6) is 0.479. The summed E-state index contributed by atoms with van der Waals surface area (Å²) in [5.41, 5.74) is 0.547. The fourth-order valence-corrected chi connectivity index (χ4v) is 1.26. The molecular weight excluding hydrogens is 208 g/mol. The minimum atomic E-state index is -0.399. The number of nitrogens with one attached hydrogen (secondary N) is 1. The SMILES string of the molecule is Cc1nc(C)c(C(=O)Nc2ncccn2)o1. The molecule has 6 heteroatoms. The fourth-order valence-electron chi connectivity index (χ4n) is 1.26. The van der Waals surface area contributed by atoms with Gasteiger partial charge in [0.1, 0.15) is 0 Å². The van der Waals surface area contributed by atoms with Crippen molar-refractivity contribution in [2.45, 2.75) is 13.8 Å². The summed E-state index contributed by atoms with van der Waals surface area (Å²) < 4.78 is 5.17. The topological polar surface area (TPSA) is 80.9 Å². The van der Waals surface area contributed by atoms with Crippen LogP contribution in [0.15, 0.2) is 22.9 Å². The first kappa shape index (κ1) is 10.3. The number of amides is 1. The maximum atomic E-state index is 11.7. The van der Waals surface area contributed by atoms with Crippen LogP contribution in [0.1, 0.15) is 22.1 Å². The molecule has 1 amide bonds. The van der Waals surface area contributed by atoms with Crippen LogP contribution in [0.4, 0.5) is 5.95 Å². The first-order valence-electron chi connectivity index (χ1n) is 4.69. The van der Waals surface area contributed by atoms with Gasteiger partial charge < -0.3 is 4.42 Å². The van der Waals surface area contributed by atoms with Crippen molar-refractivity contribution in [3.05, 3.63) is 35.8 Å². The number of carbonyl (C=O) groups is 1. The Morgan fingerprint density at radius 1 is 1.31 bits per heavy atom. The van der Waals surface area contributed by atoms with E-state index in [9.17, 15) is 4.79 Å². The van der Waals surface area contributed by atoms with Crippen LogP contribution in [0.3, 0.4) is 0 Å². The van der Waals surface area contributed by atoms with Crippen molar-refractivity contribution in [1.82, 2.24) is 15.0 Å². The van der Waals surface area contributed by atoms with Crippen LogP contribution in [0.2, 0.25) is 0 Å². The van der Waals surface area contributed by atoms with Gasteiger partial charge in [0.25, 0.3) is 5.91 Å². The van der Waals surface area contributed by atoms with E-state index in [1.807, 2.05) is 0 Å². The average Bonchev–Trinajstić information content (AvgIpc) is 2.59. The first-order valence-corrected chi connectivity index (χ1v) is 4.69. The number of rotatable bonds is 2. The summed E-state index contributed by atoms with van der Waals surface area (Å²) in [6.45, 7) is 3.39. The Morgan fingerprint density at radius 3 is 2.56 bits per heavy atom. The van der Waals surface area contributed by atoms with E-state index in [1.54, 1.807) is 32.3 Å². The Hall–Kier alpha value is -2.24. The molecule has 0 bridgehead atoms. The highest BCUT2D eigenvalue weighted by Gasteiger charge is 2.16. The zero-order valence-corrected chi connectivity index (χ0v) is 8.89. The molecule has 0 atom stereocenters. The van der Waals surface area contributed by atoms with Crippen LogP contribution in [-0.2, 0) is 0 Å². The third-order valence-electron chi connectivity index (χ3n) is 1.90. The molecule has 16 heavy (non-hydrogen) atoms. The highest BCUT2D eigenvalue weighted by molar-refractivity contribution is 6.01. The zero-order valence-electron chi connectivity index (χ0n) is 8.89. The zero-order chi connectivity index (χ0) is 11.5. The maximum Gasteiger partial charge on any atom is 0.295 e. The number of hydrogen-bond acceptors (Lipinski definition) is 5. The van der Waals surface area contributed by atoms with Crippen molar-refractivity contribution in [3.63, 3.8) is 0 Å². The minimum absolute atomic E-state index is 0.185. The van der Waals surface area contributed by atoms with Gasteiger partial charge in [0.15, 0.2) is 5.89 Å². The molecule has 0 aliphatic heterocycles. The predicted molar refractivity (Wildman–Crippen MR) is 56.0 cm³/mol. The molecule has 0 fully saturated rings. The van der Waals surface area contributed by atoms with E-state index in [0.717, 1.165) is 0 Å². The molecule has 2 aromatic heterocycles. The van der Waals surface area contributed by atoms with Gasteiger partial charge in [-0.2, -0.15) is 0 Å². The van der Waals surface area contributed by atoms with Crippen molar-refractivity contribution in [3.8, 4) is 0 Å². The van der Waals surface area contributed by atoms with Crippen LogP contribution in [0.5, 0.6) is 0 Å². The number of oxazole rings is 1. The molecular formula is C10H10N4O2. The van der Waals surface area contributed by atoms with Gasteiger partial charge in [0, 0.05) is 19.3 Å². The standard InChI is InChI=1S/C10H10N4O2/c1-6-8(16-7(2)13-6)9(15)14-10-11-4-3-5-12-10/h3-5H,1-2H3,(H,11,12,14,15). The molecule has 82 valence electrons. The second-order valence-electron chi connectivity index (χ2n) is 3.17. The van der Waals surface area contributed by atoms with Gasteiger partial charge in [0.2, 0.25) is 11.7 Å². The van der Waals surface area contributed by atoms with Gasteiger partial charge in [0.05, 0.1) is 5.69 Å². The third kappa shape index (κ3) is 2.05. The molecule has 2 rings (SSSR count). The maximum absolute atomic E-state index is 11.7. The van der Waals surface area contributed by atoms with Crippen LogP contribution in [-0.4, -0.2) is 20.9 Å². The molecule has 0 aliphatic carbocycles. The highest BCUT2D eigenvalue weighted by Crippen LogP contribution is 2.10. The quantitative estimate of drug-likeness (QED) is 0.822. The van der Waals surface area contributed by atoms with Crippen molar-refractivity contribution in [1.29, 1.82) is 0 Å². The summed E-state index contributed by atoms with van der Waals surface area (Å²) in [5, 5.41) is 2.52. The summed E-state index contributed by atoms with van der Waals surface area (Å²) in [7, 11) is 0. The lowest BCUT2D eigenvalue weighted by Crippen LogP contribution is -2.14. The Balaban J connectivity index is 2.18. The van der Waals surface area contributed by atoms with Crippen molar-refractivity contribution >= 4 is 11.9 Å². The first-order chi connectivity index (χ1) is 7.66. The van der Waals surface area contributed by atoms with Gasteiger partial charge in [-0.25, -0.2) is 15.0 Å². The summed E-state index contributed by atoms with van der Waals surface area (Å²) >= 11 is 0. The second-order valence-corrected chi connectivity index (χ2v) is 3.17. The van der Waals surface area contributed by atoms with E-state index in [1.165, 1.54) is 0 Å². The fraction of sp³-hybridized carbons (Fsp3) is 0.200. The van der Waals surface area contributed by atoms with Crippen molar-refractivity contribution in [2.75, 3.05) is 5.32 Å². The van der Waals surface area contributed by atoms with E-state index >= 15 is 0 Å². The van der Waals surface area contributed by atoms with Gasteiger partial charge in [-0.15, -0.1) is 0 Å². The molecule has 0 aromatic carbocycles. The number of hydrogen-bond donors (Lipinski definition) is 1. The average molecular weight is 218 g/mol. The number of aromatic nitrogens is 3. The Morgan fingerprint density at radius 2 is 2.00 bits per heavy atom. The molecule has 0 saturated carbocycles. The highest BCUT2D eigenvalue weighted by atomic mass is 16.4. The van der Waals surface area contributed by atoms with E-state index in [-0.39, 0.29) is 11.7 Å². The normalized spacial score (nSPS) is 10.1. The summed E-state index contributed by atoms with van der Waals surface area (Å²) in [4.78, 5) is 23.5. The van der Waals surface area contributed by atoms with Crippen LogP contribution >= 0.6 is 0 Å². The molecule has 0 unspecified atom stereocenters. The van der Waals surface area contributed by atoms with Gasteiger partial charge in [-0.05, 0) is 13.0 Å². The number of nitrogens with zero attached hydrogens (tertiary/aromatic N) is 3. The monoisotopic (exact) mass is 218 g/mol.